The molecule has 0 aliphatic carbocycles. The van der Waals surface area contributed by atoms with Crippen molar-refractivity contribution in [3.05, 3.63) is 66.1 Å². The van der Waals surface area contributed by atoms with Crippen LogP contribution in [0.4, 0.5) is 0 Å². The van der Waals surface area contributed by atoms with Gasteiger partial charge in [0.05, 0.1) is 0 Å². The maximum Gasteiger partial charge on any atom is 0.261 e. The molecule has 4 rings (SSSR count). The number of rotatable bonds is 5. The fraction of sp³-hybridized carbons (Fsp3) is 0.318. The van der Waals surface area contributed by atoms with E-state index in [1.165, 1.54) is 5.56 Å². The minimum atomic E-state index is -0.202. The minimum Gasteiger partial charge on any atom is -0.484 e. The van der Waals surface area contributed by atoms with Crippen molar-refractivity contribution in [2.24, 2.45) is 0 Å². The number of amides is 1. The zero-order valence-corrected chi connectivity index (χ0v) is 15.9. The lowest BCUT2D eigenvalue weighted by Gasteiger charge is -2.33. The largest absolute Gasteiger partial charge is 0.484 e. The molecule has 1 aliphatic rings. The molecular weight excluding hydrogens is 354 g/mol. The number of aryl methyl sites for hydroxylation is 1. The molecule has 0 spiro atoms. The van der Waals surface area contributed by atoms with Gasteiger partial charge in [0, 0.05) is 12.1 Å². The van der Waals surface area contributed by atoms with Gasteiger partial charge in [0.2, 0.25) is 11.7 Å². The number of nitrogens with zero attached hydrogens (tertiary/aromatic N) is 3. The Morgan fingerprint density at radius 1 is 1.14 bits per heavy atom. The smallest absolute Gasteiger partial charge is 0.261 e. The standard InChI is InChI=1S/C22H23N3O3/c1-16-10-12-17(13-11-16)21-23-22(28-24-21)19-9-5-6-14-25(19)20(26)15-27-18-7-3-2-4-8-18/h2-4,7-8,10-13,19H,5-6,9,14-15H2,1H3. The van der Waals surface area contributed by atoms with Crippen molar-refractivity contribution in [3.8, 4) is 17.1 Å². The summed E-state index contributed by atoms with van der Waals surface area (Å²) < 4.78 is 11.2. The zero-order valence-electron chi connectivity index (χ0n) is 15.9. The van der Waals surface area contributed by atoms with E-state index in [0.29, 0.717) is 24.0 Å². The normalized spacial score (nSPS) is 16.8. The molecule has 1 atom stereocenters. The van der Waals surface area contributed by atoms with Crippen molar-refractivity contribution in [3.63, 3.8) is 0 Å². The summed E-state index contributed by atoms with van der Waals surface area (Å²) in [7, 11) is 0. The maximum absolute atomic E-state index is 12.8. The number of benzene rings is 2. The lowest BCUT2D eigenvalue weighted by Crippen LogP contribution is -2.41. The summed E-state index contributed by atoms with van der Waals surface area (Å²) in [6, 6.07) is 17.1. The molecule has 0 saturated carbocycles. The van der Waals surface area contributed by atoms with Crippen LogP contribution in [0.25, 0.3) is 11.4 Å². The molecule has 0 bridgehead atoms. The lowest BCUT2D eigenvalue weighted by atomic mass is 10.0. The van der Waals surface area contributed by atoms with Gasteiger partial charge in [0.15, 0.2) is 6.61 Å². The van der Waals surface area contributed by atoms with Crippen molar-refractivity contribution in [1.29, 1.82) is 0 Å². The molecule has 0 N–H and O–H groups in total. The summed E-state index contributed by atoms with van der Waals surface area (Å²) in [5.74, 6) is 1.66. The first-order valence-corrected chi connectivity index (χ1v) is 9.59. The Labute approximate surface area is 164 Å². The molecule has 3 aromatic rings. The van der Waals surface area contributed by atoms with Crippen molar-refractivity contribution in [2.45, 2.75) is 32.2 Å². The van der Waals surface area contributed by atoms with Gasteiger partial charge < -0.3 is 14.2 Å². The molecule has 2 aromatic carbocycles. The quantitative estimate of drug-likeness (QED) is 0.667. The monoisotopic (exact) mass is 377 g/mol. The number of hydrogen-bond donors (Lipinski definition) is 0. The summed E-state index contributed by atoms with van der Waals surface area (Å²) in [6.07, 6.45) is 2.80. The van der Waals surface area contributed by atoms with E-state index in [0.717, 1.165) is 24.8 Å². The van der Waals surface area contributed by atoms with Gasteiger partial charge in [-0.3, -0.25) is 4.79 Å². The van der Waals surface area contributed by atoms with Crippen molar-refractivity contribution >= 4 is 5.91 Å². The molecule has 1 aromatic heterocycles. The van der Waals surface area contributed by atoms with Crippen LogP contribution >= 0.6 is 0 Å². The molecule has 2 heterocycles. The Kier molecular flexibility index (Phi) is 5.37. The van der Waals surface area contributed by atoms with Crippen LogP contribution in [0.15, 0.2) is 59.1 Å². The molecule has 0 radical (unpaired) electrons. The second-order valence-corrected chi connectivity index (χ2v) is 7.02. The number of piperidine rings is 1. The van der Waals surface area contributed by atoms with Gasteiger partial charge in [-0.2, -0.15) is 4.98 Å². The average Bonchev–Trinajstić information content (AvgIpc) is 3.23. The molecule has 28 heavy (non-hydrogen) atoms. The van der Waals surface area contributed by atoms with E-state index in [1.807, 2.05) is 61.5 Å². The van der Waals surface area contributed by atoms with Crippen LogP contribution in [-0.2, 0) is 4.79 Å². The first-order valence-electron chi connectivity index (χ1n) is 9.59. The predicted molar refractivity (Wildman–Crippen MR) is 105 cm³/mol. The number of aromatic nitrogens is 2. The number of para-hydroxylation sites is 1. The summed E-state index contributed by atoms with van der Waals surface area (Å²) in [6.45, 7) is 2.71. The highest BCUT2D eigenvalue weighted by molar-refractivity contribution is 5.78. The van der Waals surface area contributed by atoms with Gasteiger partial charge >= 0.3 is 0 Å². The van der Waals surface area contributed by atoms with Crippen LogP contribution in [0.3, 0.4) is 0 Å². The van der Waals surface area contributed by atoms with Crippen LogP contribution < -0.4 is 4.74 Å². The molecular formula is C22H23N3O3. The van der Waals surface area contributed by atoms with E-state index in [-0.39, 0.29) is 18.6 Å². The highest BCUT2D eigenvalue weighted by Crippen LogP contribution is 2.31. The van der Waals surface area contributed by atoms with Crippen LogP contribution in [0.5, 0.6) is 5.75 Å². The van der Waals surface area contributed by atoms with Crippen LogP contribution in [0, 0.1) is 6.92 Å². The minimum absolute atomic E-state index is 0.000526. The third-order valence-corrected chi connectivity index (χ3v) is 4.97. The Bertz CT molecular complexity index is 922. The highest BCUT2D eigenvalue weighted by Gasteiger charge is 2.32. The van der Waals surface area contributed by atoms with E-state index < -0.39 is 0 Å². The van der Waals surface area contributed by atoms with Crippen molar-refractivity contribution in [2.75, 3.05) is 13.2 Å². The van der Waals surface area contributed by atoms with Crippen LogP contribution in [0.1, 0.15) is 36.8 Å². The molecule has 144 valence electrons. The Morgan fingerprint density at radius 2 is 1.93 bits per heavy atom. The third-order valence-electron chi connectivity index (χ3n) is 4.97. The summed E-state index contributed by atoms with van der Waals surface area (Å²) >= 11 is 0. The van der Waals surface area contributed by atoms with Gasteiger partial charge in [-0.1, -0.05) is 53.2 Å². The molecule has 1 saturated heterocycles. The molecule has 1 amide bonds. The Balaban J connectivity index is 1.47. The average molecular weight is 377 g/mol. The second kappa shape index (κ2) is 8.25. The van der Waals surface area contributed by atoms with Gasteiger partial charge in [0.25, 0.3) is 5.91 Å². The Hall–Kier alpha value is -3.15. The van der Waals surface area contributed by atoms with Crippen molar-refractivity contribution < 1.29 is 14.1 Å². The molecule has 1 aliphatic heterocycles. The van der Waals surface area contributed by atoms with E-state index in [9.17, 15) is 4.79 Å². The number of likely N-dealkylation sites (tertiary alicyclic amines) is 1. The fourth-order valence-corrected chi connectivity index (χ4v) is 3.42. The highest BCUT2D eigenvalue weighted by atomic mass is 16.5. The van der Waals surface area contributed by atoms with Gasteiger partial charge in [-0.15, -0.1) is 0 Å². The van der Waals surface area contributed by atoms with E-state index in [1.54, 1.807) is 4.90 Å². The first kappa shape index (κ1) is 18.2. The molecule has 1 unspecified atom stereocenters. The number of carbonyl (C=O) groups is 1. The topological polar surface area (TPSA) is 68.5 Å². The van der Waals surface area contributed by atoms with Gasteiger partial charge in [-0.25, -0.2) is 0 Å². The lowest BCUT2D eigenvalue weighted by molar-refractivity contribution is -0.138. The summed E-state index contributed by atoms with van der Waals surface area (Å²) in [5, 5.41) is 4.12. The SMILES string of the molecule is Cc1ccc(-c2noc(C3CCCCN3C(=O)COc3ccccc3)n2)cc1. The van der Waals surface area contributed by atoms with E-state index >= 15 is 0 Å². The Morgan fingerprint density at radius 3 is 2.71 bits per heavy atom. The molecule has 6 nitrogen and oxygen atoms in total. The first-order chi connectivity index (χ1) is 13.7. The van der Waals surface area contributed by atoms with Crippen molar-refractivity contribution in [1.82, 2.24) is 15.0 Å². The summed E-state index contributed by atoms with van der Waals surface area (Å²) in [5.41, 5.74) is 2.08. The number of hydrogen-bond acceptors (Lipinski definition) is 5. The summed E-state index contributed by atoms with van der Waals surface area (Å²) in [4.78, 5) is 19.2. The van der Waals surface area contributed by atoms with Crippen LogP contribution in [-0.4, -0.2) is 34.1 Å². The number of ether oxygens (including phenoxy) is 1. The van der Waals surface area contributed by atoms with Crippen LogP contribution in [0.2, 0.25) is 0 Å². The maximum atomic E-state index is 12.8. The van der Waals surface area contributed by atoms with E-state index in [4.69, 9.17) is 9.26 Å². The number of carbonyl (C=O) groups excluding carboxylic acids is 1. The predicted octanol–water partition coefficient (Wildman–Crippen LogP) is 4.18. The second-order valence-electron chi connectivity index (χ2n) is 7.02. The van der Waals surface area contributed by atoms with E-state index in [2.05, 4.69) is 10.1 Å². The third kappa shape index (κ3) is 4.06. The molecule has 6 heteroatoms. The molecule has 1 fully saturated rings. The van der Waals surface area contributed by atoms with Gasteiger partial charge in [0.1, 0.15) is 11.8 Å². The van der Waals surface area contributed by atoms with Gasteiger partial charge in [-0.05, 0) is 38.3 Å². The fourth-order valence-electron chi connectivity index (χ4n) is 3.42. The zero-order chi connectivity index (χ0) is 19.3.